The summed E-state index contributed by atoms with van der Waals surface area (Å²) < 4.78 is 5.80. The van der Waals surface area contributed by atoms with E-state index in [4.69, 9.17) is 10.00 Å². The average Bonchev–Trinajstić information content (AvgIpc) is 3.02. The number of hydrogen-bond donors (Lipinski definition) is 1. The minimum atomic E-state index is -0.0769. The molecule has 0 saturated carbocycles. The zero-order chi connectivity index (χ0) is 17.8. The highest BCUT2D eigenvalue weighted by Gasteiger charge is 2.32. The Balaban J connectivity index is 1.60. The molecule has 0 spiro atoms. The summed E-state index contributed by atoms with van der Waals surface area (Å²) in [6.45, 7) is 7.71. The molecule has 2 heterocycles. The number of nitrogens with one attached hydrogen (secondary N) is 1. The van der Waals surface area contributed by atoms with Gasteiger partial charge in [0.15, 0.2) is 0 Å². The Morgan fingerprint density at radius 1 is 1.36 bits per heavy atom. The van der Waals surface area contributed by atoms with Gasteiger partial charge in [-0.05, 0) is 44.9 Å². The van der Waals surface area contributed by atoms with Crippen molar-refractivity contribution in [1.82, 2.24) is 9.80 Å². The summed E-state index contributed by atoms with van der Waals surface area (Å²) in [5.74, 6) is 0. The monoisotopic (exact) mass is 342 g/mol. The second-order valence-electron chi connectivity index (χ2n) is 7.09. The van der Waals surface area contributed by atoms with E-state index in [0.717, 1.165) is 39.0 Å². The number of hydrogen-bond acceptors (Lipinski definition) is 4. The van der Waals surface area contributed by atoms with E-state index in [0.29, 0.717) is 11.3 Å². The van der Waals surface area contributed by atoms with Gasteiger partial charge >= 0.3 is 6.03 Å². The number of benzene rings is 1. The van der Waals surface area contributed by atoms with Crippen LogP contribution >= 0.6 is 0 Å². The summed E-state index contributed by atoms with van der Waals surface area (Å²) >= 11 is 0. The Morgan fingerprint density at radius 3 is 2.84 bits per heavy atom. The van der Waals surface area contributed by atoms with Crippen LogP contribution in [0.1, 0.15) is 32.3 Å². The lowest BCUT2D eigenvalue weighted by Gasteiger charge is -2.38. The van der Waals surface area contributed by atoms with Crippen LogP contribution in [0.3, 0.4) is 0 Å². The van der Waals surface area contributed by atoms with Crippen molar-refractivity contribution in [3.63, 3.8) is 0 Å². The molecule has 2 aliphatic heterocycles. The molecule has 6 heteroatoms. The number of anilines is 1. The van der Waals surface area contributed by atoms with Gasteiger partial charge in [0.1, 0.15) is 0 Å². The van der Waals surface area contributed by atoms with E-state index in [1.807, 2.05) is 11.0 Å². The van der Waals surface area contributed by atoms with Crippen molar-refractivity contribution in [3.05, 3.63) is 29.8 Å². The first kappa shape index (κ1) is 17.7. The van der Waals surface area contributed by atoms with Gasteiger partial charge in [-0.3, -0.25) is 4.90 Å². The first-order valence-electron chi connectivity index (χ1n) is 9.00. The number of rotatable bonds is 3. The molecule has 2 fully saturated rings. The second kappa shape index (κ2) is 7.85. The predicted molar refractivity (Wildman–Crippen MR) is 96.4 cm³/mol. The van der Waals surface area contributed by atoms with Crippen molar-refractivity contribution < 1.29 is 9.53 Å². The Morgan fingerprint density at radius 2 is 2.12 bits per heavy atom. The van der Waals surface area contributed by atoms with Crippen LogP contribution < -0.4 is 5.32 Å². The molecular formula is C19H26N4O2. The van der Waals surface area contributed by atoms with Crippen LogP contribution in [-0.4, -0.2) is 60.3 Å². The highest BCUT2D eigenvalue weighted by molar-refractivity contribution is 5.89. The number of carbonyl (C=O) groups is 1. The van der Waals surface area contributed by atoms with Gasteiger partial charge in [-0.15, -0.1) is 0 Å². The van der Waals surface area contributed by atoms with E-state index in [-0.39, 0.29) is 24.3 Å². The van der Waals surface area contributed by atoms with Gasteiger partial charge < -0.3 is 15.0 Å². The molecule has 2 saturated heterocycles. The summed E-state index contributed by atoms with van der Waals surface area (Å²) in [6, 6.07) is 9.29. The third-order valence-corrected chi connectivity index (χ3v) is 4.85. The largest absolute Gasteiger partial charge is 0.373 e. The van der Waals surface area contributed by atoms with E-state index in [2.05, 4.69) is 30.1 Å². The van der Waals surface area contributed by atoms with Crippen molar-refractivity contribution in [2.75, 3.05) is 31.5 Å². The quantitative estimate of drug-likeness (QED) is 0.917. The fourth-order valence-corrected chi connectivity index (χ4v) is 3.89. The summed E-state index contributed by atoms with van der Waals surface area (Å²) in [4.78, 5) is 17.0. The number of nitrogens with zero attached hydrogens (tertiary/aromatic N) is 3. The molecule has 0 aliphatic carbocycles. The highest BCUT2D eigenvalue weighted by atomic mass is 16.5. The zero-order valence-electron chi connectivity index (χ0n) is 14.9. The zero-order valence-corrected chi connectivity index (χ0v) is 14.9. The molecule has 0 aromatic heterocycles. The average molecular weight is 342 g/mol. The Hall–Kier alpha value is -2.10. The number of nitriles is 1. The Bertz CT molecular complexity index is 647. The van der Waals surface area contributed by atoms with Crippen LogP contribution in [-0.2, 0) is 4.74 Å². The molecule has 25 heavy (non-hydrogen) atoms. The summed E-state index contributed by atoms with van der Waals surface area (Å²) in [5.41, 5.74) is 1.22. The first-order chi connectivity index (χ1) is 12.0. The topological polar surface area (TPSA) is 68.6 Å². The number of ether oxygens (including phenoxy) is 1. The van der Waals surface area contributed by atoms with Crippen LogP contribution in [0.4, 0.5) is 10.5 Å². The summed E-state index contributed by atoms with van der Waals surface area (Å²) in [7, 11) is 0. The normalized spacial score (nSPS) is 27.1. The smallest absolute Gasteiger partial charge is 0.322 e. The van der Waals surface area contributed by atoms with Crippen LogP contribution in [0.5, 0.6) is 0 Å². The Kier molecular flexibility index (Phi) is 5.57. The van der Waals surface area contributed by atoms with Crippen LogP contribution in [0.15, 0.2) is 24.3 Å². The van der Waals surface area contributed by atoms with Gasteiger partial charge in [0.25, 0.3) is 0 Å². The summed E-state index contributed by atoms with van der Waals surface area (Å²) in [6.07, 6.45) is 2.54. The SMILES string of the molecule is C[C@@H]1CN(C[C@H]2CCCN2C(=O)Nc2cccc(C#N)c2)C[C@H](C)O1. The van der Waals surface area contributed by atoms with Gasteiger partial charge in [0, 0.05) is 37.9 Å². The molecule has 134 valence electrons. The van der Waals surface area contributed by atoms with Gasteiger partial charge in [0.2, 0.25) is 0 Å². The first-order valence-corrected chi connectivity index (χ1v) is 9.00. The van der Waals surface area contributed by atoms with Gasteiger partial charge in [-0.2, -0.15) is 5.26 Å². The van der Waals surface area contributed by atoms with Crippen molar-refractivity contribution >= 4 is 11.7 Å². The molecule has 0 bridgehead atoms. The fraction of sp³-hybridized carbons (Fsp3) is 0.579. The molecule has 1 N–H and O–H groups in total. The molecule has 1 aromatic rings. The van der Waals surface area contributed by atoms with E-state index >= 15 is 0 Å². The van der Waals surface area contributed by atoms with E-state index in [1.54, 1.807) is 18.2 Å². The molecule has 2 aliphatic rings. The lowest BCUT2D eigenvalue weighted by atomic mass is 10.1. The van der Waals surface area contributed by atoms with Crippen molar-refractivity contribution in [3.8, 4) is 6.07 Å². The molecule has 0 unspecified atom stereocenters. The van der Waals surface area contributed by atoms with Crippen molar-refractivity contribution in [2.45, 2.75) is 44.9 Å². The molecule has 2 amide bonds. The molecular weight excluding hydrogens is 316 g/mol. The number of amides is 2. The maximum atomic E-state index is 12.7. The second-order valence-corrected chi connectivity index (χ2v) is 7.09. The fourth-order valence-electron chi connectivity index (χ4n) is 3.89. The van der Waals surface area contributed by atoms with Crippen LogP contribution in [0.25, 0.3) is 0 Å². The van der Waals surface area contributed by atoms with E-state index < -0.39 is 0 Å². The third kappa shape index (κ3) is 4.50. The predicted octanol–water partition coefficient (Wildman–Crippen LogP) is 2.66. The maximum absolute atomic E-state index is 12.7. The number of morpholine rings is 1. The third-order valence-electron chi connectivity index (χ3n) is 4.85. The highest BCUT2D eigenvalue weighted by Crippen LogP contribution is 2.22. The van der Waals surface area contributed by atoms with Gasteiger partial charge in [0.05, 0.1) is 23.8 Å². The molecule has 0 radical (unpaired) electrons. The Labute approximate surface area is 149 Å². The van der Waals surface area contributed by atoms with Gasteiger partial charge in [-0.25, -0.2) is 4.79 Å². The lowest BCUT2D eigenvalue weighted by Crippen LogP contribution is -2.51. The number of urea groups is 1. The number of likely N-dealkylation sites (tertiary alicyclic amines) is 1. The maximum Gasteiger partial charge on any atom is 0.322 e. The van der Waals surface area contributed by atoms with Gasteiger partial charge in [-0.1, -0.05) is 6.07 Å². The van der Waals surface area contributed by atoms with Crippen LogP contribution in [0, 0.1) is 11.3 Å². The van der Waals surface area contributed by atoms with Crippen molar-refractivity contribution in [1.29, 1.82) is 5.26 Å². The molecule has 3 atom stereocenters. The minimum Gasteiger partial charge on any atom is -0.373 e. The molecule has 6 nitrogen and oxygen atoms in total. The molecule has 1 aromatic carbocycles. The van der Waals surface area contributed by atoms with Crippen LogP contribution in [0.2, 0.25) is 0 Å². The van der Waals surface area contributed by atoms with E-state index in [1.165, 1.54) is 0 Å². The standard InChI is InChI=1S/C19H26N4O2/c1-14-11-22(12-15(2)25-14)13-18-7-4-8-23(18)19(24)21-17-6-3-5-16(9-17)10-20/h3,5-6,9,14-15,18H,4,7-8,11-13H2,1-2H3,(H,21,24)/t14-,15+,18-/m1/s1. The van der Waals surface area contributed by atoms with E-state index in [9.17, 15) is 4.79 Å². The minimum absolute atomic E-state index is 0.0769. The lowest BCUT2D eigenvalue weighted by molar-refractivity contribution is -0.0712. The molecule has 3 rings (SSSR count). The van der Waals surface area contributed by atoms with Crippen molar-refractivity contribution in [2.24, 2.45) is 0 Å². The number of carbonyl (C=O) groups excluding carboxylic acids is 1. The summed E-state index contributed by atoms with van der Waals surface area (Å²) in [5, 5.41) is 11.9.